The molecule has 0 unspecified atom stereocenters. The molecule has 0 spiro atoms. The number of amides is 3. The summed E-state index contributed by atoms with van der Waals surface area (Å²) in [5, 5.41) is 14.4. The van der Waals surface area contributed by atoms with Crippen LogP contribution in [0.5, 0.6) is 5.75 Å². The first kappa shape index (κ1) is 38.4. The predicted octanol–water partition coefficient (Wildman–Crippen LogP) is 7.18. The Hall–Kier alpha value is -5.81. The van der Waals surface area contributed by atoms with Crippen molar-refractivity contribution in [1.29, 1.82) is 0 Å². The summed E-state index contributed by atoms with van der Waals surface area (Å²) in [6.07, 6.45) is 10.1. The number of hydrogen-bond donors (Lipinski definition) is 3. The molecule has 0 radical (unpaired) electrons. The fraction of sp³-hybridized carbons (Fsp3) is 0.310. The van der Waals surface area contributed by atoms with Crippen molar-refractivity contribution in [2.24, 2.45) is 5.10 Å². The highest BCUT2D eigenvalue weighted by Crippen LogP contribution is 2.29. The van der Waals surface area contributed by atoms with Gasteiger partial charge in [-0.3, -0.25) is 24.4 Å². The van der Waals surface area contributed by atoms with E-state index in [9.17, 15) is 19.2 Å². The lowest BCUT2D eigenvalue weighted by Gasteiger charge is -2.28. The van der Waals surface area contributed by atoms with Gasteiger partial charge in [0, 0.05) is 36.8 Å². The van der Waals surface area contributed by atoms with E-state index in [0.717, 1.165) is 46.7 Å². The molecule has 1 aliphatic rings. The van der Waals surface area contributed by atoms with Crippen molar-refractivity contribution in [2.45, 2.75) is 70.4 Å². The number of esters is 1. The van der Waals surface area contributed by atoms with E-state index in [2.05, 4.69) is 10.5 Å². The summed E-state index contributed by atoms with van der Waals surface area (Å²) in [6, 6.07) is 28.1. The van der Waals surface area contributed by atoms with Gasteiger partial charge in [-0.2, -0.15) is 5.10 Å². The third-order valence-electron chi connectivity index (χ3n) is 8.90. The molecule has 0 bridgehead atoms. The molecule has 11 nitrogen and oxygen atoms in total. The van der Waals surface area contributed by atoms with Gasteiger partial charge in [-0.25, -0.2) is 10.9 Å². The maximum absolute atomic E-state index is 13.5. The van der Waals surface area contributed by atoms with E-state index in [-0.39, 0.29) is 43.1 Å². The summed E-state index contributed by atoms with van der Waals surface area (Å²) in [7, 11) is 0. The third kappa shape index (κ3) is 11.9. The van der Waals surface area contributed by atoms with E-state index in [1.165, 1.54) is 0 Å². The molecule has 1 atom stereocenters. The zero-order valence-corrected chi connectivity index (χ0v) is 29.7. The molecular weight excluding hydrogens is 672 g/mol. The number of nitrogens with zero attached hydrogens (tertiary/aromatic N) is 2. The summed E-state index contributed by atoms with van der Waals surface area (Å²) in [5.41, 5.74) is 7.18. The fourth-order valence-corrected chi connectivity index (χ4v) is 6.14. The summed E-state index contributed by atoms with van der Waals surface area (Å²) >= 11 is 0. The van der Waals surface area contributed by atoms with Crippen LogP contribution in [0.15, 0.2) is 108 Å². The van der Waals surface area contributed by atoms with Gasteiger partial charge in [-0.05, 0) is 66.0 Å². The molecule has 53 heavy (non-hydrogen) atoms. The van der Waals surface area contributed by atoms with Gasteiger partial charge in [-0.1, -0.05) is 97.8 Å². The van der Waals surface area contributed by atoms with E-state index in [1.54, 1.807) is 28.7 Å². The molecule has 3 amide bonds. The Morgan fingerprint density at radius 3 is 2.43 bits per heavy atom. The lowest BCUT2D eigenvalue weighted by molar-refractivity contribution is -0.152. The molecule has 0 fully saturated rings. The minimum atomic E-state index is -0.599. The van der Waals surface area contributed by atoms with Crippen molar-refractivity contribution < 1.29 is 33.9 Å². The van der Waals surface area contributed by atoms with Gasteiger partial charge in [0.15, 0.2) is 0 Å². The lowest BCUT2D eigenvalue weighted by Crippen LogP contribution is -2.35. The van der Waals surface area contributed by atoms with Gasteiger partial charge in [0.1, 0.15) is 11.9 Å². The van der Waals surface area contributed by atoms with Gasteiger partial charge < -0.3 is 14.4 Å². The number of fused-ring (bicyclic) bond motifs is 1. The van der Waals surface area contributed by atoms with Gasteiger partial charge >= 0.3 is 5.97 Å². The van der Waals surface area contributed by atoms with Crippen LogP contribution in [0.1, 0.15) is 90.9 Å². The van der Waals surface area contributed by atoms with Crippen LogP contribution in [0.25, 0.3) is 10.8 Å². The number of allylic oxidation sites excluding steroid dienone is 2. The number of carbonyl (C=O) groups is 4. The van der Waals surface area contributed by atoms with Crippen LogP contribution in [-0.4, -0.2) is 53.2 Å². The average Bonchev–Trinajstić information content (AvgIpc) is 3.18. The maximum atomic E-state index is 13.5. The first-order valence-electron chi connectivity index (χ1n) is 18.1. The molecule has 1 aliphatic heterocycles. The van der Waals surface area contributed by atoms with Crippen molar-refractivity contribution >= 4 is 40.7 Å². The van der Waals surface area contributed by atoms with Crippen LogP contribution in [0, 0.1) is 0 Å². The van der Waals surface area contributed by atoms with Gasteiger partial charge in [0.2, 0.25) is 11.8 Å². The fourth-order valence-electron chi connectivity index (χ4n) is 6.14. The van der Waals surface area contributed by atoms with Gasteiger partial charge in [-0.15, -0.1) is 0 Å². The van der Waals surface area contributed by atoms with Crippen molar-refractivity contribution in [2.75, 3.05) is 13.2 Å². The Morgan fingerprint density at radius 1 is 0.868 bits per heavy atom. The number of cyclic esters (lactones) is 1. The van der Waals surface area contributed by atoms with E-state index in [0.29, 0.717) is 50.1 Å². The highest BCUT2D eigenvalue weighted by molar-refractivity contribution is 6.08. The third-order valence-corrected chi connectivity index (χ3v) is 8.90. The Labute approximate surface area is 309 Å². The zero-order chi connectivity index (χ0) is 37.3. The monoisotopic (exact) mass is 718 g/mol. The van der Waals surface area contributed by atoms with Crippen LogP contribution in [0.4, 0.5) is 0 Å². The topological polar surface area (TPSA) is 147 Å². The van der Waals surface area contributed by atoms with Crippen LogP contribution >= 0.6 is 0 Å². The number of nitrogens with one attached hydrogen (secondary N) is 2. The molecule has 0 saturated carbocycles. The molecule has 0 saturated heterocycles. The Kier molecular flexibility index (Phi) is 14.7. The van der Waals surface area contributed by atoms with Crippen LogP contribution in [0.2, 0.25) is 0 Å². The quantitative estimate of drug-likeness (QED) is 0.0313. The lowest BCUT2D eigenvalue weighted by atomic mass is 10.0. The molecule has 11 heteroatoms. The second-order valence-corrected chi connectivity index (χ2v) is 12.9. The number of hydrazone groups is 1. The predicted molar refractivity (Wildman–Crippen MR) is 202 cm³/mol. The number of rotatable bonds is 14. The number of hydroxylamine groups is 1. The first-order chi connectivity index (χ1) is 25.9. The minimum absolute atomic E-state index is 0.0378. The minimum Gasteiger partial charge on any atom is -0.493 e. The summed E-state index contributed by atoms with van der Waals surface area (Å²) in [5.74, 6) is -0.412. The molecule has 5 rings (SSSR count). The standard InChI is InChI=1S/C42H46N4O7/c47-39(45-51)21-8-3-4-13-26-52-37-25-24-36(34-19-11-12-20-35(34)37)42(50)44-43-28-31-15-14-16-32(27-31)29-46-30-38(33-17-6-5-7-18-33)53-41(49)23-10-2-1-9-22-40(46)48/h1-2,5-7,11-12,14-20,24-25,27-28,38,51H,3-4,8-10,13,21-23,26,29-30H2,(H,44,50)(H,45,47)/b2-1+,43-28+/t38-/m0/s1. The second kappa shape index (κ2) is 20.3. The van der Waals surface area contributed by atoms with E-state index in [1.807, 2.05) is 91.0 Å². The molecule has 4 aromatic carbocycles. The van der Waals surface area contributed by atoms with E-state index in [4.69, 9.17) is 14.7 Å². The largest absolute Gasteiger partial charge is 0.493 e. The average molecular weight is 719 g/mol. The van der Waals surface area contributed by atoms with Crippen molar-refractivity contribution in [3.63, 3.8) is 0 Å². The van der Waals surface area contributed by atoms with Crippen molar-refractivity contribution in [3.05, 3.63) is 125 Å². The maximum Gasteiger partial charge on any atom is 0.306 e. The molecule has 276 valence electrons. The Morgan fingerprint density at radius 2 is 1.62 bits per heavy atom. The van der Waals surface area contributed by atoms with Crippen molar-refractivity contribution in [3.8, 4) is 5.75 Å². The number of benzene rings is 4. The Bertz CT molecular complexity index is 1910. The van der Waals surface area contributed by atoms with Crippen molar-refractivity contribution in [1.82, 2.24) is 15.8 Å². The number of unbranched alkanes of at least 4 members (excludes halogenated alkanes) is 3. The zero-order valence-electron chi connectivity index (χ0n) is 29.7. The summed E-state index contributed by atoms with van der Waals surface area (Å²) in [4.78, 5) is 52.3. The highest BCUT2D eigenvalue weighted by Gasteiger charge is 2.24. The molecule has 0 aromatic heterocycles. The SMILES string of the molecule is O=C(CCCCCCOc1ccc(C(=O)N/N=C/c2cccc(CN3C[C@@H](c4ccccc4)OC(=O)CC/C=C/CCC3=O)c2)c2ccccc12)NO. The first-order valence-corrected chi connectivity index (χ1v) is 18.1. The number of carbonyl (C=O) groups excluding carboxylic acids is 4. The smallest absolute Gasteiger partial charge is 0.306 e. The summed E-state index contributed by atoms with van der Waals surface area (Å²) < 4.78 is 11.9. The van der Waals surface area contributed by atoms with Crippen LogP contribution < -0.4 is 15.6 Å². The molecule has 1 heterocycles. The van der Waals surface area contributed by atoms with Crippen LogP contribution in [-0.2, 0) is 25.7 Å². The Balaban J connectivity index is 1.22. The highest BCUT2D eigenvalue weighted by atomic mass is 16.5. The van der Waals surface area contributed by atoms with E-state index >= 15 is 0 Å². The number of ether oxygens (including phenoxy) is 2. The van der Waals surface area contributed by atoms with Gasteiger partial charge in [0.05, 0.1) is 19.4 Å². The van der Waals surface area contributed by atoms with Gasteiger partial charge in [0.25, 0.3) is 5.91 Å². The molecule has 0 aliphatic carbocycles. The molecule has 3 N–H and O–H groups in total. The normalized spacial score (nSPS) is 16.0. The number of hydrogen-bond acceptors (Lipinski definition) is 8. The molecular formula is C42H46N4O7. The molecule has 4 aromatic rings. The second-order valence-electron chi connectivity index (χ2n) is 12.9. The van der Waals surface area contributed by atoms with Crippen LogP contribution in [0.3, 0.4) is 0 Å². The van der Waals surface area contributed by atoms with E-state index < -0.39 is 6.10 Å². The summed E-state index contributed by atoms with van der Waals surface area (Å²) in [6.45, 7) is 1.02.